The van der Waals surface area contributed by atoms with Gasteiger partial charge in [-0.05, 0) is 31.0 Å². The number of fused-ring (bicyclic) bond motifs is 1. The third-order valence-corrected chi connectivity index (χ3v) is 5.00. The molecule has 2 atom stereocenters. The smallest absolute Gasteiger partial charge is 0.254 e. The lowest BCUT2D eigenvalue weighted by Crippen LogP contribution is -2.29. The monoisotopic (exact) mass is 330 g/mol. The Morgan fingerprint density at radius 1 is 1.17 bits per heavy atom. The van der Waals surface area contributed by atoms with E-state index in [0.717, 1.165) is 29.9 Å². The lowest BCUT2D eigenvalue weighted by atomic mass is 10.2. The minimum Gasteiger partial charge on any atom is -0.391 e. The molecule has 0 bridgehead atoms. The maximum absolute atomic E-state index is 12.6. The Kier molecular flexibility index (Phi) is 3.69. The van der Waals surface area contributed by atoms with Crippen molar-refractivity contribution in [1.82, 2.24) is 14.5 Å². The van der Waals surface area contributed by atoms with Crippen LogP contribution in [0, 0.1) is 0 Å². The van der Waals surface area contributed by atoms with E-state index in [2.05, 4.69) is 9.88 Å². The van der Waals surface area contributed by atoms with Crippen molar-refractivity contribution < 1.29 is 15.0 Å². The summed E-state index contributed by atoms with van der Waals surface area (Å²) in [6.45, 7) is 2.37. The van der Waals surface area contributed by atoms with Crippen molar-refractivity contribution in [1.29, 1.82) is 0 Å². The molecule has 4 rings (SSSR count). The Morgan fingerprint density at radius 2 is 1.92 bits per heavy atom. The molecule has 7 heteroatoms. The van der Waals surface area contributed by atoms with Crippen LogP contribution in [-0.4, -0.2) is 69.0 Å². The van der Waals surface area contributed by atoms with Crippen molar-refractivity contribution in [3.8, 4) is 0 Å². The van der Waals surface area contributed by atoms with E-state index in [0.29, 0.717) is 31.6 Å². The first-order chi connectivity index (χ1) is 11.5. The second-order valence-electron chi connectivity index (χ2n) is 6.76. The summed E-state index contributed by atoms with van der Waals surface area (Å²) in [7, 11) is 1.95. The SMILES string of the molecule is Cn1c(N2CC[C@H](O)C2)nc2cc(C(=O)N3CC[C@@H](O)C3)ccc21. The highest BCUT2D eigenvalue weighted by Crippen LogP contribution is 2.26. The molecule has 0 saturated carbocycles. The van der Waals surface area contributed by atoms with Crippen LogP contribution in [0.1, 0.15) is 23.2 Å². The summed E-state index contributed by atoms with van der Waals surface area (Å²) in [5.41, 5.74) is 2.34. The Hall–Kier alpha value is -2.12. The molecule has 7 nitrogen and oxygen atoms in total. The van der Waals surface area contributed by atoms with Crippen LogP contribution >= 0.6 is 0 Å². The number of benzene rings is 1. The van der Waals surface area contributed by atoms with Crippen molar-refractivity contribution in [2.24, 2.45) is 7.05 Å². The Balaban J connectivity index is 1.65. The fourth-order valence-electron chi connectivity index (χ4n) is 3.64. The summed E-state index contributed by atoms with van der Waals surface area (Å²) >= 11 is 0. The van der Waals surface area contributed by atoms with Crippen LogP contribution in [-0.2, 0) is 7.05 Å². The van der Waals surface area contributed by atoms with Gasteiger partial charge in [0.1, 0.15) is 0 Å². The summed E-state index contributed by atoms with van der Waals surface area (Å²) in [5.74, 6) is 0.764. The molecule has 1 aromatic heterocycles. The van der Waals surface area contributed by atoms with E-state index in [1.807, 2.05) is 29.8 Å². The first-order valence-corrected chi connectivity index (χ1v) is 8.40. The van der Waals surface area contributed by atoms with Gasteiger partial charge in [0, 0.05) is 38.8 Å². The number of hydrogen-bond acceptors (Lipinski definition) is 5. The number of carbonyl (C=O) groups excluding carboxylic acids is 1. The number of β-amino-alcohol motifs (C(OH)–C–C–N with tert-alkyl or cyclic N) is 2. The van der Waals surface area contributed by atoms with E-state index >= 15 is 0 Å². The molecule has 2 aromatic rings. The normalized spacial score (nSPS) is 24.3. The second kappa shape index (κ2) is 5.75. The predicted octanol–water partition coefficient (Wildman–Crippen LogP) is 0.351. The molecule has 2 aliphatic heterocycles. The summed E-state index contributed by atoms with van der Waals surface area (Å²) in [5, 5.41) is 19.4. The molecule has 1 aromatic carbocycles. The highest BCUT2D eigenvalue weighted by atomic mass is 16.3. The number of aliphatic hydroxyl groups is 2. The van der Waals surface area contributed by atoms with Crippen molar-refractivity contribution in [2.45, 2.75) is 25.0 Å². The van der Waals surface area contributed by atoms with Crippen LogP contribution in [0.5, 0.6) is 0 Å². The number of amides is 1. The van der Waals surface area contributed by atoms with Crippen LogP contribution in [0.15, 0.2) is 18.2 Å². The molecule has 0 spiro atoms. The second-order valence-corrected chi connectivity index (χ2v) is 6.76. The minimum atomic E-state index is -0.416. The number of aliphatic hydroxyl groups excluding tert-OH is 2. The maximum Gasteiger partial charge on any atom is 0.254 e. The molecule has 1 amide bonds. The number of aromatic nitrogens is 2. The number of carbonyl (C=O) groups is 1. The number of anilines is 1. The molecule has 2 N–H and O–H groups in total. The summed E-state index contributed by atoms with van der Waals surface area (Å²) in [6, 6.07) is 5.55. The number of rotatable bonds is 2. The third kappa shape index (κ3) is 2.53. The van der Waals surface area contributed by atoms with Gasteiger partial charge in [-0.2, -0.15) is 0 Å². The highest BCUT2D eigenvalue weighted by Gasteiger charge is 2.27. The Morgan fingerprint density at radius 3 is 2.58 bits per heavy atom. The molecule has 0 aliphatic carbocycles. The van der Waals surface area contributed by atoms with Gasteiger partial charge in [-0.1, -0.05) is 0 Å². The van der Waals surface area contributed by atoms with Gasteiger partial charge in [-0.25, -0.2) is 4.98 Å². The van der Waals surface area contributed by atoms with Crippen LogP contribution in [0.3, 0.4) is 0 Å². The topological polar surface area (TPSA) is 81.8 Å². The number of hydrogen-bond donors (Lipinski definition) is 2. The van der Waals surface area contributed by atoms with E-state index in [1.54, 1.807) is 4.90 Å². The lowest BCUT2D eigenvalue weighted by Gasteiger charge is -2.16. The summed E-state index contributed by atoms with van der Waals surface area (Å²) in [6.07, 6.45) is 0.674. The van der Waals surface area contributed by atoms with Crippen LogP contribution in [0.2, 0.25) is 0 Å². The first-order valence-electron chi connectivity index (χ1n) is 8.40. The van der Waals surface area contributed by atoms with Gasteiger partial charge in [-0.15, -0.1) is 0 Å². The standard InChI is InChI=1S/C17H22N4O3/c1-19-15-3-2-11(16(24)20-6-4-12(22)9-20)8-14(15)18-17(19)21-7-5-13(23)10-21/h2-3,8,12-13,22-23H,4-7,9-10H2,1H3/t12-,13+/m1/s1. The van der Waals surface area contributed by atoms with Crippen molar-refractivity contribution in [2.75, 3.05) is 31.1 Å². The van der Waals surface area contributed by atoms with Crippen LogP contribution in [0.25, 0.3) is 11.0 Å². The molecule has 0 unspecified atom stereocenters. The molecule has 2 aliphatic rings. The van der Waals surface area contributed by atoms with E-state index in [9.17, 15) is 15.0 Å². The van der Waals surface area contributed by atoms with Gasteiger partial charge in [0.15, 0.2) is 0 Å². The first kappa shape index (κ1) is 15.4. The zero-order valence-corrected chi connectivity index (χ0v) is 13.7. The maximum atomic E-state index is 12.6. The number of likely N-dealkylation sites (tertiary alicyclic amines) is 1. The molecule has 3 heterocycles. The number of imidazole rings is 1. The molecule has 128 valence electrons. The average molecular weight is 330 g/mol. The van der Waals surface area contributed by atoms with Crippen LogP contribution in [0.4, 0.5) is 5.95 Å². The average Bonchev–Trinajstić information content (AvgIpc) is 3.26. The van der Waals surface area contributed by atoms with Crippen molar-refractivity contribution >= 4 is 22.9 Å². The predicted molar refractivity (Wildman–Crippen MR) is 90.1 cm³/mol. The minimum absolute atomic E-state index is 0.0581. The largest absolute Gasteiger partial charge is 0.391 e. The molecule has 24 heavy (non-hydrogen) atoms. The van der Waals surface area contributed by atoms with Gasteiger partial charge in [-0.3, -0.25) is 4.79 Å². The van der Waals surface area contributed by atoms with E-state index in [1.165, 1.54) is 0 Å². The zero-order valence-electron chi connectivity index (χ0n) is 13.7. The van der Waals surface area contributed by atoms with Gasteiger partial charge < -0.3 is 24.6 Å². The van der Waals surface area contributed by atoms with E-state index in [-0.39, 0.29) is 12.0 Å². The van der Waals surface area contributed by atoms with Crippen molar-refractivity contribution in [3.63, 3.8) is 0 Å². The quantitative estimate of drug-likeness (QED) is 0.830. The molecule has 0 radical (unpaired) electrons. The number of nitrogens with zero attached hydrogens (tertiary/aromatic N) is 4. The van der Waals surface area contributed by atoms with Gasteiger partial charge in [0.25, 0.3) is 5.91 Å². The molecular formula is C17H22N4O3. The molecule has 2 saturated heterocycles. The zero-order chi connectivity index (χ0) is 16.8. The molecular weight excluding hydrogens is 308 g/mol. The van der Waals surface area contributed by atoms with E-state index in [4.69, 9.17) is 0 Å². The lowest BCUT2D eigenvalue weighted by molar-refractivity contribution is 0.0765. The summed E-state index contributed by atoms with van der Waals surface area (Å²) in [4.78, 5) is 21.0. The highest BCUT2D eigenvalue weighted by molar-refractivity contribution is 5.98. The fraction of sp³-hybridized carbons (Fsp3) is 0.529. The fourth-order valence-corrected chi connectivity index (χ4v) is 3.64. The van der Waals surface area contributed by atoms with E-state index < -0.39 is 6.10 Å². The Labute approximate surface area is 140 Å². The number of aryl methyl sites for hydroxylation is 1. The Bertz CT molecular complexity index is 787. The summed E-state index contributed by atoms with van der Waals surface area (Å²) < 4.78 is 2.00. The third-order valence-electron chi connectivity index (χ3n) is 5.00. The van der Waals surface area contributed by atoms with Crippen molar-refractivity contribution in [3.05, 3.63) is 23.8 Å². The van der Waals surface area contributed by atoms with Gasteiger partial charge >= 0.3 is 0 Å². The van der Waals surface area contributed by atoms with Gasteiger partial charge in [0.05, 0.1) is 23.2 Å². The van der Waals surface area contributed by atoms with Crippen LogP contribution < -0.4 is 4.90 Å². The molecule has 2 fully saturated rings. The van der Waals surface area contributed by atoms with Gasteiger partial charge in [0.2, 0.25) is 5.95 Å².